The summed E-state index contributed by atoms with van der Waals surface area (Å²) in [4.78, 5) is 10.7. The lowest BCUT2D eigenvalue weighted by Crippen LogP contribution is -2.34. The first-order valence-electron chi connectivity index (χ1n) is 6.21. The van der Waals surface area contributed by atoms with Gasteiger partial charge >= 0.3 is 6.03 Å². The Bertz CT molecular complexity index is 458. The predicted octanol–water partition coefficient (Wildman–Crippen LogP) is 2.12. The van der Waals surface area contributed by atoms with E-state index in [2.05, 4.69) is 6.58 Å². The highest BCUT2D eigenvalue weighted by molar-refractivity contribution is 5.70. The van der Waals surface area contributed by atoms with Crippen molar-refractivity contribution in [2.24, 2.45) is 11.7 Å². The molecular weight excluding hydrogens is 244 g/mol. The number of carbonyl (C=O) groups excluding carboxylic acids is 1. The zero-order valence-corrected chi connectivity index (χ0v) is 10.7. The molecule has 19 heavy (non-hydrogen) atoms. The average Bonchev–Trinajstić information content (AvgIpc) is 3.16. The van der Waals surface area contributed by atoms with Gasteiger partial charge in [0, 0.05) is 0 Å². The van der Waals surface area contributed by atoms with Crippen LogP contribution < -0.4 is 10.5 Å². The topological polar surface area (TPSA) is 75.8 Å². The number of primary amides is 1. The van der Waals surface area contributed by atoms with E-state index < -0.39 is 6.03 Å². The molecule has 1 aromatic carbocycles. The average molecular weight is 262 g/mol. The maximum atomic E-state index is 10.7. The third kappa shape index (κ3) is 3.48. The van der Waals surface area contributed by atoms with Gasteiger partial charge in [-0.3, -0.25) is 5.21 Å². The van der Waals surface area contributed by atoms with Crippen LogP contribution in [0.25, 0.3) is 0 Å². The Morgan fingerprint density at radius 2 is 2.21 bits per heavy atom. The van der Waals surface area contributed by atoms with Crippen molar-refractivity contribution in [1.82, 2.24) is 5.06 Å². The summed E-state index contributed by atoms with van der Waals surface area (Å²) in [6.07, 6.45) is 2.65. The summed E-state index contributed by atoms with van der Waals surface area (Å²) in [5, 5.41) is 9.85. The number of urea groups is 1. The number of nitrogens with zero attached hydrogens (tertiary/aromatic N) is 1. The van der Waals surface area contributed by atoms with Crippen LogP contribution in [0.2, 0.25) is 0 Å². The molecule has 3 N–H and O–H groups in total. The Kier molecular flexibility index (Phi) is 4.06. The first-order valence-corrected chi connectivity index (χ1v) is 6.21. The highest BCUT2D eigenvalue weighted by atomic mass is 16.5. The first kappa shape index (κ1) is 13.4. The molecule has 1 aliphatic rings. The molecule has 5 nitrogen and oxygen atoms in total. The monoisotopic (exact) mass is 262 g/mol. The minimum Gasteiger partial charge on any atom is -0.490 e. The van der Waals surface area contributed by atoms with Crippen molar-refractivity contribution in [3.05, 3.63) is 42.5 Å². The third-order valence-corrected chi connectivity index (χ3v) is 3.26. The summed E-state index contributed by atoms with van der Waals surface area (Å²) in [6.45, 7) is 4.37. The number of ether oxygens (including phenoxy) is 1. The fourth-order valence-corrected chi connectivity index (χ4v) is 2.14. The largest absolute Gasteiger partial charge is 0.490 e. The van der Waals surface area contributed by atoms with Gasteiger partial charge in [-0.1, -0.05) is 24.8 Å². The van der Waals surface area contributed by atoms with E-state index in [4.69, 9.17) is 10.5 Å². The van der Waals surface area contributed by atoms with Crippen LogP contribution in [0.5, 0.6) is 5.75 Å². The summed E-state index contributed by atoms with van der Waals surface area (Å²) in [5.74, 6) is 1.46. The molecule has 1 saturated carbocycles. The fraction of sp³-hybridized carbons (Fsp3) is 0.357. The summed E-state index contributed by atoms with van der Waals surface area (Å²) in [7, 11) is 0. The molecule has 0 radical (unpaired) electrons. The highest BCUT2D eigenvalue weighted by Gasteiger charge is 2.39. The molecule has 1 fully saturated rings. The van der Waals surface area contributed by atoms with Gasteiger partial charge in [-0.15, -0.1) is 0 Å². The molecule has 0 aromatic heterocycles. The van der Waals surface area contributed by atoms with Crippen LogP contribution in [0, 0.1) is 5.92 Å². The Labute approximate surface area is 112 Å². The summed E-state index contributed by atoms with van der Waals surface area (Å²) in [5.41, 5.74) is 6.16. The standard InChI is InChI=1S/C14H18N2O3/c1-2-7-19-12-5-3-10(4-6-12)13-8-11(13)9-16(18)14(15)17/h2-6,11,13,18H,1,7-9H2,(H2,15,17)/t11-,13-/m0/s1. The van der Waals surface area contributed by atoms with Gasteiger partial charge in [0.25, 0.3) is 0 Å². The molecule has 0 aliphatic heterocycles. The van der Waals surface area contributed by atoms with Crippen molar-refractivity contribution in [3.63, 3.8) is 0 Å². The number of nitrogens with two attached hydrogens (primary N) is 1. The normalized spacial score (nSPS) is 20.7. The zero-order chi connectivity index (χ0) is 13.8. The van der Waals surface area contributed by atoms with Crippen LogP contribution in [0.4, 0.5) is 4.79 Å². The van der Waals surface area contributed by atoms with Gasteiger partial charge < -0.3 is 10.5 Å². The second-order valence-electron chi connectivity index (χ2n) is 4.69. The van der Waals surface area contributed by atoms with Crippen LogP contribution in [0.3, 0.4) is 0 Å². The van der Waals surface area contributed by atoms with E-state index >= 15 is 0 Å². The van der Waals surface area contributed by atoms with Crippen molar-refractivity contribution in [2.45, 2.75) is 12.3 Å². The van der Waals surface area contributed by atoms with Crippen molar-refractivity contribution >= 4 is 6.03 Å². The maximum absolute atomic E-state index is 10.7. The summed E-state index contributed by atoms with van der Waals surface area (Å²) >= 11 is 0. The van der Waals surface area contributed by atoms with Gasteiger partial charge in [0.05, 0.1) is 6.54 Å². The first-order chi connectivity index (χ1) is 9.11. The third-order valence-electron chi connectivity index (χ3n) is 3.26. The van der Waals surface area contributed by atoms with E-state index in [1.54, 1.807) is 6.08 Å². The molecule has 0 spiro atoms. The lowest BCUT2D eigenvalue weighted by molar-refractivity contribution is -0.0431. The van der Waals surface area contributed by atoms with Gasteiger partial charge in [-0.2, -0.15) is 0 Å². The second kappa shape index (κ2) is 5.75. The van der Waals surface area contributed by atoms with Crippen LogP contribution >= 0.6 is 0 Å². The van der Waals surface area contributed by atoms with Crippen molar-refractivity contribution in [3.8, 4) is 5.75 Å². The molecule has 2 atom stereocenters. The molecule has 1 aliphatic carbocycles. The SMILES string of the molecule is C=CCOc1ccc([C@@H]2C[C@H]2CN(O)C(N)=O)cc1. The van der Waals surface area contributed by atoms with E-state index in [1.165, 1.54) is 5.56 Å². The molecule has 2 rings (SSSR count). The lowest BCUT2D eigenvalue weighted by atomic mass is 10.1. The number of hydroxylamine groups is 2. The minimum atomic E-state index is -0.807. The van der Waals surface area contributed by atoms with Crippen molar-refractivity contribution < 1.29 is 14.7 Å². The summed E-state index contributed by atoms with van der Waals surface area (Å²) in [6, 6.07) is 7.04. The fourth-order valence-electron chi connectivity index (χ4n) is 2.14. The minimum absolute atomic E-state index is 0.275. The molecule has 0 bridgehead atoms. The number of hydrogen-bond donors (Lipinski definition) is 2. The maximum Gasteiger partial charge on any atom is 0.338 e. The number of amides is 2. The van der Waals surface area contributed by atoms with E-state index in [0.29, 0.717) is 17.6 Å². The van der Waals surface area contributed by atoms with Crippen LogP contribution in [0.15, 0.2) is 36.9 Å². The predicted molar refractivity (Wildman–Crippen MR) is 71.1 cm³/mol. The van der Waals surface area contributed by atoms with E-state index in [0.717, 1.165) is 12.2 Å². The molecule has 2 amide bonds. The molecule has 5 heteroatoms. The Morgan fingerprint density at radius 3 is 2.79 bits per heavy atom. The van der Waals surface area contributed by atoms with Gasteiger partial charge in [0.15, 0.2) is 0 Å². The Balaban J connectivity index is 1.87. The van der Waals surface area contributed by atoms with Gasteiger partial charge in [-0.05, 0) is 36.0 Å². The van der Waals surface area contributed by atoms with Crippen molar-refractivity contribution in [1.29, 1.82) is 0 Å². The number of benzene rings is 1. The number of rotatable bonds is 6. The second-order valence-corrected chi connectivity index (χ2v) is 4.69. The van der Waals surface area contributed by atoms with E-state index in [1.807, 2.05) is 24.3 Å². The number of hydrogen-bond acceptors (Lipinski definition) is 3. The highest BCUT2D eigenvalue weighted by Crippen LogP contribution is 2.47. The van der Waals surface area contributed by atoms with Crippen LogP contribution in [-0.2, 0) is 0 Å². The zero-order valence-electron chi connectivity index (χ0n) is 10.7. The van der Waals surface area contributed by atoms with Crippen LogP contribution in [-0.4, -0.2) is 29.5 Å². The molecule has 0 heterocycles. The summed E-state index contributed by atoms with van der Waals surface area (Å²) < 4.78 is 5.41. The Morgan fingerprint density at radius 1 is 1.53 bits per heavy atom. The molecule has 102 valence electrons. The van der Waals surface area contributed by atoms with Crippen LogP contribution in [0.1, 0.15) is 17.9 Å². The van der Waals surface area contributed by atoms with E-state index in [-0.39, 0.29) is 12.5 Å². The van der Waals surface area contributed by atoms with Crippen molar-refractivity contribution in [2.75, 3.05) is 13.2 Å². The van der Waals surface area contributed by atoms with Gasteiger partial charge in [0.1, 0.15) is 12.4 Å². The quantitative estimate of drug-likeness (QED) is 0.468. The van der Waals surface area contributed by atoms with Gasteiger partial charge in [-0.25, -0.2) is 9.86 Å². The Hall–Kier alpha value is -2.01. The van der Waals surface area contributed by atoms with Gasteiger partial charge in [0.2, 0.25) is 0 Å². The number of carbonyl (C=O) groups is 1. The molecule has 0 unspecified atom stereocenters. The molecule has 1 aromatic rings. The van der Waals surface area contributed by atoms with E-state index in [9.17, 15) is 10.0 Å². The molecule has 0 saturated heterocycles. The lowest BCUT2D eigenvalue weighted by Gasteiger charge is -2.11. The smallest absolute Gasteiger partial charge is 0.338 e. The molecular formula is C14H18N2O3.